The monoisotopic (exact) mass is 157 g/mol. The number of ether oxygens (including phenoxy) is 1. The number of aliphatic hydroxyl groups is 1. The van der Waals surface area contributed by atoms with E-state index in [0.717, 1.165) is 11.3 Å². The Hall–Kier alpha value is -1.63. The van der Waals surface area contributed by atoms with Crippen LogP contribution in [0.25, 0.3) is 0 Å². The highest BCUT2D eigenvalue weighted by Gasteiger charge is 2.38. The topological polar surface area (TPSA) is 100 Å². The van der Waals surface area contributed by atoms with Gasteiger partial charge < -0.3 is 15.6 Å². The van der Waals surface area contributed by atoms with Crippen LogP contribution >= 0.6 is 0 Å². The number of guanidine groups is 1. The van der Waals surface area contributed by atoms with Gasteiger partial charge in [-0.3, -0.25) is 0 Å². The molecular formula is C4H7N5O2. The normalized spacial score (nSPS) is 27.9. The van der Waals surface area contributed by atoms with Crippen LogP contribution in [-0.4, -0.2) is 27.4 Å². The molecule has 0 aliphatic carbocycles. The zero-order valence-corrected chi connectivity index (χ0v) is 5.51. The maximum Gasteiger partial charge on any atom is 0.290 e. The molecule has 0 saturated heterocycles. The largest absolute Gasteiger partial charge is 0.491 e. The molecule has 0 aromatic rings. The smallest absolute Gasteiger partial charge is 0.290 e. The minimum absolute atomic E-state index is 0.106. The number of nitrogens with two attached hydrogens (primary N) is 2. The molecule has 0 amide bonds. The number of hydrogen-bond donors (Lipinski definition) is 3. The molecule has 1 atom stereocenters. The van der Waals surface area contributed by atoms with Crippen molar-refractivity contribution >= 4 is 5.96 Å². The van der Waals surface area contributed by atoms with Gasteiger partial charge in [0.05, 0.1) is 0 Å². The Morgan fingerprint density at radius 3 is 3.09 bits per heavy atom. The Bertz CT molecular complexity index is 249. The molecule has 2 rings (SSSR count). The van der Waals surface area contributed by atoms with Crippen LogP contribution in [0.4, 0.5) is 0 Å². The van der Waals surface area contributed by atoms with E-state index in [4.69, 9.17) is 21.4 Å². The number of fused-ring (bicyclic) bond motifs is 1. The molecule has 5 N–H and O–H groups in total. The predicted molar refractivity (Wildman–Crippen MR) is 35.1 cm³/mol. The zero-order valence-electron chi connectivity index (χ0n) is 5.51. The standard InChI is InChI=1S/C4H7N5O2/c5-3-7-9-2(10)1-11-4(9)8(3)6/h1,4,10H,6H2,(H2,5,7). The van der Waals surface area contributed by atoms with E-state index in [1.165, 1.54) is 5.01 Å². The van der Waals surface area contributed by atoms with Crippen LogP contribution < -0.4 is 11.6 Å². The van der Waals surface area contributed by atoms with E-state index in [1.807, 2.05) is 0 Å². The van der Waals surface area contributed by atoms with Crippen molar-refractivity contribution in [3.05, 3.63) is 12.1 Å². The van der Waals surface area contributed by atoms with Gasteiger partial charge in [-0.15, -0.1) is 5.10 Å². The summed E-state index contributed by atoms with van der Waals surface area (Å²) >= 11 is 0. The molecule has 60 valence electrons. The summed E-state index contributed by atoms with van der Waals surface area (Å²) in [5, 5.41) is 15.0. The average molecular weight is 157 g/mol. The minimum atomic E-state index is -0.630. The quantitative estimate of drug-likeness (QED) is 0.365. The van der Waals surface area contributed by atoms with Crippen LogP contribution in [0.2, 0.25) is 0 Å². The van der Waals surface area contributed by atoms with Crippen molar-refractivity contribution < 1.29 is 9.84 Å². The number of aliphatic hydroxyl groups excluding tert-OH is 1. The molecule has 2 heterocycles. The van der Waals surface area contributed by atoms with Crippen molar-refractivity contribution in [2.45, 2.75) is 6.35 Å². The first-order valence-corrected chi connectivity index (χ1v) is 2.92. The van der Waals surface area contributed by atoms with Gasteiger partial charge in [-0.2, -0.15) is 5.01 Å². The Kier molecular flexibility index (Phi) is 0.941. The molecule has 0 radical (unpaired) electrons. The van der Waals surface area contributed by atoms with Crippen LogP contribution in [-0.2, 0) is 4.74 Å². The molecule has 7 heteroatoms. The van der Waals surface area contributed by atoms with Gasteiger partial charge in [-0.1, -0.05) is 0 Å². The van der Waals surface area contributed by atoms with Gasteiger partial charge >= 0.3 is 0 Å². The lowest BCUT2D eigenvalue weighted by molar-refractivity contribution is -0.0308. The van der Waals surface area contributed by atoms with E-state index in [1.54, 1.807) is 0 Å². The molecular weight excluding hydrogens is 150 g/mol. The SMILES string of the molecule is NC1=NN2C(O)=COC2N1N. The number of hydrogen-bond acceptors (Lipinski definition) is 7. The highest BCUT2D eigenvalue weighted by molar-refractivity contribution is 5.78. The molecule has 1 unspecified atom stereocenters. The van der Waals surface area contributed by atoms with E-state index in [2.05, 4.69) is 5.10 Å². The fourth-order valence-electron chi connectivity index (χ4n) is 0.906. The van der Waals surface area contributed by atoms with Gasteiger partial charge in [0, 0.05) is 0 Å². The molecule has 2 aliphatic rings. The molecule has 0 saturated carbocycles. The van der Waals surface area contributed by atoms with E-state index >= 15 is 0 Å². The van der Waals surface area contributed by atoms with Crippen molar-refractivity contribution in [3.63, 3.8) is 0 Å². The maximum atomic E-state index is 9.05. The fraction of sp³-hybridized carbons (Fsp3) is 0.250. The summed E-state index contributed by atoms with van der Waals surface area (Å²) < 4.78 is 4.89. The Balaban J connectivity index is 2.28. The van der Waals surface area contributed by atoms with Gasteiger partial charge in [0.15, 0.2) is 0 Å². The third-order valence-electron chi connectivity index (χ3n) is 1.45. The summed E-state index contributed by atoms with van der Waals surface area (Å²) in [4.78, 5) is 0. The minimum Gasteiger partial charge on any atom is -0.491 e. The number of hydrazone groups is 1. The van der Waals surface area contributed by atoms with Gasteiger partial charge in [0.25, 0.3) is 6.35 Å². The maximum absolute atomic E-state index is 9.05. The van der Waals surface area contributed by atoms with Crippen molar-refractivity contribution in [2.24, 2.45) is 16.7 Å². The molecule has 0 aromatic heterocycles. The first-order valence-electron chi connectivity index (χ1n) is 2.92. The van der Waals surface area contributed by atoms with Gasteiger partial charge in [-0.05, 0) is 0 Å². The summed E-state index contributed by atoms with van der Waals surface area (Å²) in [7, 11) is 0. The van der Waals surface area contributed by atoms with Gasteiger partial charge in [0.2, 0.25) is 11.8 Å². The second kappa shape index (κ2) is 1.70. The second-order valence-corrected chi connectivity index (χ2v) is 2.15. The molecule has 2 aliphatic heterocycles. The average Bonchev–Trinajstić information content (AvgIpc) is 2.43. The van der Waals surface area contributed by atoms with E-state index in [-0.39, 0.29) is 11.8 Å². The highest BCUT2D eigenvalue weighted by atomic mass is 16.6. The summed E-state index contributed by atoms with van der Waals surface area (Å²) in [6.07, 6.45) is 0.524. The van der Waals surface area contributed by atoms with Crippen molar-refractivity contribution in [1.29, 1.82) is 0 Å². The second-order valence-electron chi connectivity index (χ2n) is 2.15. The van der Waals surface area contributed by atoms with E-state index < -0.39 is 6.35 Å². The molecule has 0 spiro atoms. The fourth-order valence-corrected chi connectivity index (χ4v) is 0.906. The van der Waals surface area contributed by atoms with E-state index in [9.17, 15) is 0 Å². The van der Waals surface area contributed by atoms with Gasteiger partial charge in [-0.25, -0.2) is 10.9 Å². The highest BCUT2D eigenvalue weighted by Crippen LogP contribution is 2.22. The van der Waals surface area contributed by atoms with Crippen molar-refractivity contribution in [3.8, 4) is 0 Å². The Labute approximate surface area is 62.1 Å². The Morgan fingerprint density at radius 1 is 1.73 bits per heavy atom. The van der Waals surface area contributed by atoms with Crippen LogP contribution in [0.5, 0.6) is 0 Å². The first-order chi connectivity index (χ1) is 5.20. The van der Waals surface area contributed by atoms with E-state index in [0.29, 0.717) is 0 Å². The first kappa shape index (κ1) is 6.10. The molecule has 11 heavy (non-hydrogen) atoms. The van der Waals surface area contributed by atoms with Crippen LogP contribution in [0, 0.1) is 0 Å². The van der Waals surface area contributed by atoms with Crippen molar-refractivity contribution in [1.82, 2.24) is 10.0 Å². The third kappa shape index (κ3) is 0.622. The van der Waals surface area contributed by atoms with Crippen LogP contribution in [0.15, 0.2) is 17.2 Å². The Morgan fingerprint density at radius 2 is 2.45 bits per heavy atom. The molecule has 0 bridgehead atoms. The number of rotatable bonds is 0. The third-order valence-corrected chi connectivity index (χ3v) is 1.45. The van der Waals surface area contributed by atoms with Crippen molar-refractivity contribution in [2.75, 3.05) is 0 Å². The van der Waals surface area contributed by atoms with Crippen LogP contribution in [0.3, 0.4) is 0 Å². The van der Waals surface area contributed by atoms with Gasteiger partial charge in [0.1, 0.15) is 6.26 Å². The predicted octanol–water partition coefficient (Wildman–Crippen LogP) is -1.62. The summed E-state index contributed by atoms with van der Waals surface area (Å²) in [5.41, 5.74) is 5.32. The summed E-state index contributed by atoms with van der Waals surface area (Å²) in [6, 6.07) is 0. The zero-order chi connectivity index (χ0) is 8.01. The molecule has 7 nitrogen and oxygen atoms in total. The summed E-state index contributed by atoms with van der Waals surface area (Å²) in [5.74, 6) is 5.39. The lowest BCUT2D eigenvalue weighted by atomic mass is 10.8. The number of nitrogens with zero attached hydrogens (tertiary/aromatic N) is 3. The lowest BCUT2D eigenvalue weighted by Gasteiger charge is -2.18. The van der Waals surface area contributed by atoms with Crippen LogP contribution in [0.1, 0.15) is 0 Å². The molecule has 0 fully saturated rings. The molecule has 0 aromatic carbocycles. The summed E-state index contributed by atoms with van der Waals surface area (Å²) in [6.45, 7) is 0. The number of hydrazine groups is 1. The lowest BCUT2D eigenvalue weighted by Crippen LogP contribution is -2.47.